The Labute approximate surface area is 191 Å². The lowest BCUT2D eigenvalue weighted by atomic mass is 10.1. The van der Waals surface area contributed by atoms with Crippen molar-refractivity contribution in [2.75, 3.05) is 10.6 Å². The fourth-order valence-corrected chi connectivity index (χ4v) is 3.27. The first-order valence-corrected chi connectivity index (χ1v) is 10.3. The van der Waals surface area contributed by atoms with Gasteiger partial charge in [-0.2, -0.15) is 10.2 Å². The minimum absolute atomic E-state index is 0.195. The van der Waals surface area contributed by atoms with Gasteiger partial charge in [-0.25, -0.2) is 4.68 Å². The highest BCUT2D eigenvalue weighted by molar-refractivity contribution is 6.04. The van der Waals surface area contributed by atoms with Crippen LogP contribution in [0, 0.1) is 13.8 Å². The van der Waals surface area contributed by atoms with Gasteiger partial charge < -0.3 is 15.4 Å². The molecule has 2 heterocycles. The van der Waals surface area contributed by atoms with E-state index in [1.807, 2.05) is 26.0 Å². The van der Waals surface area contributed by atoms with E-state index in [9.17, 15) is 9.59 Å². The molecule has 0 fully saturated rings. The minimum atomic E-state index is -0.342. The third-order valence-corrected chi connectivity index (χ3v) is 4.78. The maximum atomic E-state index is 12.5. The van der Waals surface area contributed by atoms with Crippen LogP contribution in [-0.4, -0.2) is 31.4 Å². The monoisotopic (exact) mass is 444 g/mol. The molecular weight excluding hydrogens is 420 g/mol. The molecule has 2 N–H and O–H groups in total. The molecule has 0 saturated carbocycles. The van der Waals surface area contributed by atoms with Gasteiger partial charge in [-0.15, -0.1) is 0 Å². The Bertz CT molecular complexity index is 1270. The molecule has 168 valence electrons. The predicted octanol–water partition coefficient (Wildman–Crippen LogP) is 3.77. The van der Waals surface area contributed by atoms with Crippen molar-refractivity contribution in [3.63, 3.8) is 0 Å². The average Bonchev–Trinajstić information content (AvgIpc) is 3.42. The fraction of sp³-hybridized carbons (Fsp3) is 0.167. The number of hydrogen-bond donors (Lipinski definition) is 2. The van der Waals surface area contributed by atoms with Crippen molar-refractivity contribution in [2.24, 2.45) is 7.05 Å². The summed E-state index contributed by atoms with van der Waals surface area (Å²) in [6.07, 6.45) is 3.39. The smallest absolute Gasteiger partial charge is 0.276 e. The number of aryl methyl sites for hydroxylation is 3. The Morgan fingerprint density at radius 1 is 0.818 bits per heavy atom. The van der Waals surface area contributed by atoms with E-state index in [1.165, 1.54) is 0 Å². The van der Waals surface area contributed by atoms with Crippen molar-refractivity contribution < 1.29 is 14.3 Å². The molecule has 33 heavy (non-hydrogen) atoms. The van der Waals surface area contributed by atoms with Crippen molar-refractivity contribution in [1.82, 2.24) is 19.6 Å². The van der Waals surface area contributed by atoms with Crippen LogP contribution >= 0.6 is 0 Å². The SMILES string of the molecule is Cc1cc(C)cc(OCn2ccc(C(=O)Nc3ccc(NC(=O)c4ccn(C)n4)cc3)n2)c1. The summed E-state index contributed by atoms with van der Waals surface area (Å²) < 4.78 is 8.89. The second-order valence-corrected chi connectivity index (χ2v) is 7.70. The number of nitrogens with one attached hydrogen (secondary N) is 2. The largest absolute Gasteiger partial charge is 0.471 e. The molecule has 0 aliphatic carbocycles. The van der Waals surface area contributed by atoms with Gasteiger partial charge in [-0.05, 0) is 73.5 Å². The van der Waals surface area contributed by atoms with Crippen molar-refractivity contribution in [1.29, 1.82) is 0 Å². The van der Waals surface area contributed by atoms with Gasteiger partial charge in [0.05, 0.1) is 0 Å². The zero-order valence-corrected chi connectivity index (χ0v) is 18.6. The Morgan fingerprint density at radius 3 is 1.91 bits per heavy atom. The molecule has 0 spiro atoms. The third kappa shape index (κ3) is 5.65. The number of hydrogen-bond acceptors (Lipinski definition) is 5. The van der Waals surface area contributed by atoms with Gasteiger partial charge in [-0.3, -0.25) is 14.3 Å². The first-order valence-electron chi connectivity index (χ1n) is 10.3. The zero-order valence-electron chi connectivity index (χ0n) is 18.6. The summed E-state index contributed by atoms with van der Waals surface area (Å²) in [6.45, 7) is 4.22. The lowest BCUT2D eigenvalue weighted by Gasteiger charge is -2.08. The van der Waals surface area contributed by atoms with Crippen LogP contribution < -0.4 is 15.4 Å². The minimum Gasteiger partial charge on any atom is -0.471 e. The lowest BCUT2D eigenvalue weighted by Crippen LogP contribution is -2.15. The van der Waals surface area contributed by atoms with Crippen molar-refractivity contribution >= 4 is 23.2 Å². The number of carbonyl (C=O) groups is 2. The van der Waals surface area contributed by atoms with E-state index in [0.29, 0.717) is 17.1 Å². The lowest BCUT2D eigenvalue weighted by molar-refractivity contribution is 0.101. The highest BCUT2D eigenvalue weighted by Gasteiger charge is 2.12. The Balaban J connectivity index is 1.32. The molecule has 0 atom stereocenters. The van der Waals surface area contributed by atoms with Crippen LogP contribution in [0.25, 0.3) is 0 Å². The zero-order chi connectivity index (χ0) is 23.4. The van der Waals surface area contributed by atoms with E-state index >= 15 is 0 Å². The number of ether oxygens (including phenoxy) is 1. The summed E-state index contributed by atoms with van der Waals surface area (Å²) in [6, 6.07) is 16.0. The fourth-order valence-electron chi connectivity index (χ4n) is 3.27. The number of benzene rings is 2. The molecular formula is C24H24N6O3. The highest BCUT2D eigenvalue weighted by atomic mass is 16.5. The van der Waals surface area contributed by atoms with Gasteiger partial charge in [0, 0.05) is 30.8 Å². The molecule has 9 nitrogen and oxygen atoms in total. The van der Waals surface area contributed by atoms with Crippen LogP contribution in [0.2, 0.25) is 0 Å². The molecule has 0 bridgehead atoms. The van der Waals surface area contributed by atoms with Crippen LogP contribution in [-0.2, 0) is 13.8 Å². The normalized spacial score (nSPS) is 10.6. The van der Waals surface area contributed by atoms with Gasteiger partial charge >= 0.3 is 0 Å². The van der Waals surface area contributed by atoms with Gasteiger partial charge in [-0.1, -0.05) is 6.07 Å². The van der Waals surface area contributed by atoms with E-state index in [0.717, 1.165) is 16.9 Å². The summed E-state index contributed by atoms with van der Waals surface area (Å²) in [7, 11) is 1.75. The first kappa shape index (κ1) is 21.8. The molecule has 0 radical (unpaired) electrons. The number of anilines is 2. The van der Waals surface area contributed by atoms with E-state index in [1.54, 1.807) is 65.2 Å². The van der Waals surface area contributed by atoms with Crippen molar-refractivity contribution in [2.45, 2.75) is 20.6 Å². The summed E-state index contributed by atoms with van der Waals surface area (Å²) in [5, 5.41) is 13.9. The number of nitrogens with zero attached hydrogens (tertiary/aromatic N) is 4. The van der Waals surface area contributed by atoms with Gasteiger partial charge in [0.2, 0.25) is 0 Å². The Morgan fingerprint density at radius 2 is 1.36 bits per heavy atom. The molecule has 0 unspecified atom stereocenters. The summed E-state index contributed by atoms with van der Waals surface area (Å²) >= 11 is 0. The Kier molecular flexibility index (Phi) is 6.21. The molecule has 2 amide bonds. The Hall–Kier alpha value is -4.40. The molecule has 4 aromatic rings. The van der Waals surface area contributed by atoms with E-state index in [2.05, 4.69) is 26.9 Å². The van der Waals surface area contributed by atoms with E-state index in [-0.39, 0.29) is 24.2 Å². The maximum Gasteiger partial charge on any atom is 0.276 e. The second-order valence-electron chi connectivity index (χ2n) is 7.70. The van der Waals surface area contributed by atoms with Crippen LogP contribution in [0.1, 0.15) is 32.1 Å². The number of carbonyl (C=O) groups excluding carboxylic acids is 2. The average molecular weight is 444 g/mol. The van der Waals surface area contributed by atoms with Gasteiger partial charge in [0.15, 0.2) is 18.1 Å². The summed E-state index contributed by atoms with van der Waals surface area (Å²) in [5.41, 5.74) is 4.01. The van der Waals surface area contributed by atoms with Gasteiger partial charge in [0.1, 0.15) is 5.75 Å². The van der Waals surface area contributed by atoms with Crippen LogP contribution in [0.3, 0.4) is 0 Å². The number of rotatable bonds is 7. The molecule has 0 aliphatic rings. The third-order valence-electron chi connectivity index (χ3n) is 4.78. The molecule has 9 heteroatoms. The summed E-state index contributed by atoms with van der Waals surface area (Å²) in [5.74, 6) is 0.107. The first-order chi connectivity index (χ1) is 15.9. The topological polar surface area (TPSA) is 103 Å². The number of amides is 2. The molecule has 0 aliphatic heterocycles. The van der Waals surface area contributed by atoms with Gasteiger partial charge in [0.25, 0.3) is 11.8 Å². The molecule has 2 aromatic carbocycles. The van der Waals surface area contributed by atoms with Crippen LogP contribution in [0.4, 0.5) is 11.4 Å². The highest BCUT2D eigenvalue weighted by Crippen LogP contribution is 2.17. The molecule has 0 saturated heterocycles. The maximum absolute atomic E-state index is 12.5. The second kappa shape index (κ2) is 9.39. The van der Waals surface area contributed by atoms with Crippen molar-refractivity contribution in [3.8, 4) is 5.75 Å². The quantitative estimate of drug-likeness (QED) is 0.452. The molecule has 4 rings (SSSR count). The van der Waals surface area contributed by atoms with Crippen molar-refractivity contribution in [3.05, 3.63) is 89.5 Å². The van der Waals surface area contributed by atoms with Crippen LogP contribution in [0.5, 0.6) is 5.75 Å². The van der Waals surface area contributed by atoms with Crippen LogP contribution in [0.15, 0.2) is 67.0 Å². The van der Waals surface area contributed by atoms with E-state index < -0.39 is 0 Å². The van der Waals surface area contributed by atoms with E-state index in [4.69, 9.17) is 4.74 Å². The molecule has 2 aromatic heterocycles. The number of aromatic nitrogens is 4. The summed E-state index contributed by atoms with van der Waals surface area (Å²) in [4.78, 5) is 24.7. The standard InChI is InChI=1S/C24H24N6O3/c1-16-12-17(2)14-20(13-16)33-15-30-11-9-22(28-30)24(32)26-19-6-4-18(5-7-19)25-23(31)21-8-10-29(3)27-21/h4-14H,15H2,1-3H3,(H,25,31)(H,26,32). The predicted molar refractivity (Wildman–Crippen MR) is 124 cm³/mol.